The van der Waals surface area contributed by atoms with E-state index in [1.807, 2.05) is 6.92 Å². The van der Waals surface area contributed by atoms with Crippen LogP contribution in [0.2, 0.25) is 0 Å². The lowest BCUT2D eigenvalue weighted by Crippen LogP contribution is -2.42. The molecular weight excluding hydrogens is 499 g/mol. The summed E-state index contributed by atoms with van der Waals surface area (Å²) >= 11 is 0. The summed E-state index contributed by atoms with van der Waals surface area (Å²) < 4.78 is 22.7. The van der Waals surface area contributed by atoms with Crippen LogP contribution in [0.15, 0.2) is 29.3 Å². The molecule has 6 nitrogen and oxygen atoms in total. The molecule has 0 saturated carbocycles. The minimum absolute atomic E-state index is 0. The van der Waals surface area contributed by atoms with Gasteiger partial charge in [0.05, 0.1) is 5.75 Å². The van der Waals surface area contributed by atoms with E-state index < -0.39 is 9.84 Å². The molecule has 1 aromatic carbocycles. The highest BCUT2D eigenvalue weighted by atomic mass is 127. The topological polar surface area (TPSA) is 73.8 Å². The Bertz CT molecular complexity index is 732. The van der Waals surface area contributed by atoms with E-state index in [9.17, 15) is 8.42 Å². The standard InChI is InChI=1S/C21H36N4O2S.HI/c1-18(12-15-28(3,26)27)24-21(22-2)23-16-19-10-6-7-11-20(19)17-25-13-8-4-5-9-14-25;/h6-7,10-11,18H,4-5,8-9,12-17H2,1-3H3,(H2,22,23,24);1H. The highest BCUT2D eigenvalue weighted by molar-refractivity contribution is 14.0. The summed E-state index contributed by atoms with van der Waals surface area (Å²) in [6.45, 7) is 6.04. The highest BCUT2D eigenvalue weighted by Crippen LogP contribution is 2.16. The Morgan fingerprint density at radius 2 is 1.76 bits per heavy atom. The Balaban J connectivity index is 0.00000420. The number of nitrogens with zero attached hydrogens (tertiary/aromatic N) is 2. The molecule has 0 bridgehead atoms. The molecule has 1 atom stereocenters. The molecule has 0 amide bonds. The average molecular weight is 537 g/mol. The molecular formula is C21H37IN4O2S. The Hall–Kier alpha value is -0.870. The van der Waals surface area contributed by atoms with E-state index in [0.29, 0.717) is 18.9 Å². The molecule has 0 spiro atoms. The van der Waals surface area contributed by atoms with Gasteiger partial charge in [0.2, 0.25) is 0 Å². The molecule has 1 fully saturated rings. The maximum atomic E-state index is 11.3. The predicted molar refractivity (Wildman–Crippen MR) is 133 cm³/mol. The van der Waals surface area contributed by atoms with Gasteiger partial charge < -0.3 is 10.6 Å². The number of guanidine groups is 1. The third-order valence-corrected chi connectivity index (χ3v) is 6.16. The van der Waals surface area contributed by atoms with E-state index >= 15 is 0 Å². The highest BCUT2D eigenvalue weighted by Gasteiger charge is 2.13. The first-order valence-electron chi connectivity index (χ1n) is 10.3. The van der Waals surface area contributed by atoms with Gasteiger partial charge in [0.1, 0.15) is 9.84 Å². The van der Waals surface area contributed by atoms with E-state index in [-0.39, 0.29) is 35.8 Å². The van der Waals surface area contributed by atoms with Gasteiger partial charge in [-0.1, -0.05) is 37.1 Å². The predicted octanol–water partition coefficient (Wildman–Crippen LogP) is 3.17. The molecule has 1 aliphatic rings. The number of aliphatic imine (C=N–C) groups is 1. The number of rotatable bonds is 8. The van der Waals surface area contributed by atoms with Crippen LogP contribution >= 0.6 is 24.0 Å². The second kappa shape index (κ2) is 13.4. The number of likely N-dealkylation sites (tertiary alicyclic amines) is 1. The lowest BCUT2D eigenvalue weighted by Gasteiger charge is -2.22. The van der Waals surface area contributed by atoms with Gasteiger partial charge in [-0.3, -0.25) is 9.89 Å². The maximum Gasteiger partial charge on any atom is 0.191 e. The van der Waals surface area contributed by atoms with Crippen LogP contribution in [0.5, 0.6) is 0 Å². The van der Waals surface area contributed by atoms with Gasteiger partial charge in [0.15, 0.2) is 5.96 Å². The zero-order valence-corrected chi connectivity index (χ0v) is 21.1. The first-order valence-corrected chi connectivity index (χ1v) is 12.4. The fourth-order valence-corrected chi connectivity index (χ4v) is 4.27. The minimum Gasteiger partial charge on any atom is -0.354 e. The fourth-order valence-electron chi connectivity index (χ4n) is 3.49. The second-order valence-electron chi connectivity index (χ2n) is 7.85. The average Bonchev–Trinajstić information content (AvgIpc) is 2.92. The normalized spacial score (nSPS) is 17.1. The lowest BCUT2D eigenvalue weighted by molar-refractivity contribution is 0.276. The summed E-state index contributed by atoms with van der Waals surface area (Å²) in [5, 5.41) is 6.66. The molecule has 1 saturated heterocycles. The monoisotopic (exact) mass is 536 g/mol. The smallest absolute Gasteiger partial charge is 0.191 e. The molecule has 2 rings (SSSR count). The third-order valence-electron chi connectivity index (χ3n) is 5.19. The van der Waals surface area contributed by atoms with Crippen molar-refractivity contribution in [3.05, 3.63) is 35.4 Å². The van der Waals surface area contributed by atoms with Crippen molar-refractivity contribution < 1.29 is 8.42 Å². The zero-order chi connectivity index (χ0) is 20.4. The lowest BCUT2D eigenvalue weighted by atomic mass is 10.1. The molecule has 29 heavy (non-hydrogen) atoms. The number of benzene rings is 1. The Kier molecular flexibility index (Phi) is 12.1. The van der Waals surface area contributed by atoms with Crippen LogP contribution in [0.25, 0.3) is 0 Å². The van der Waals surface area contributed by atoms with Crippen molar-refractivity contribution in [3.63, 3.8) is 0 Å². The SMILES string of the molecule is CN=C(NCc1ccccc1CN1CCCCCC1)NC(C)CCS(C)(=O)=O.I. The van der Waals surface area contributed by atoms with Gasteiger partial charge in [0, 0.05) is 32.4 Å². The van der Waals surface area contributed by atoms with E-state index in [1.54, 1.807) is 7.05 Å². The number of nitrogens with one attached hydrogen (secondary N) is 2. The van der Waals surface area contributed by atoms with Crippen LogP contribution in [0.4, 0.5) is 0 Å². The van der Waals surface area contributed by atoms with Gasteiger partial charge in [-0.15, -0.1) is 24.0 Å². The van der Waals surface area contributed by atoms with Gasteiger partial charge in [0.25, 0.3) is 0 Å². The van der Waals surface area contributed by atoms with Crippen LogP contribution in [-0.4, -0.2) is 57.5 Å². The summed E-state index contributed by atoms with van der Waals surface area (Å²) in [4.78, 5) is 6.84. The number of halogens is 1. The van der Waals surface area contributed by atoms with Crippen molar-refractivity contribution in [2.24, 2.45) is 4.99 Å². The van der Waals surface area contributed by atoms with Crippen LogP contribution in [0, 0.1) is 0 Å². The third kappa shape index (κ3) is 10.6. The van der Waals surface area contributed by atoms with Crippen molar-refractivity contribution in [1.82, 2.24) is 15.5 Å². The summed E-state index contributed by atoms with van der Waals surface area (Å²) in [5.74, 6) is 0.877. The van der Waals surface area contributed by atoms with Crippen molar-refractivity contribution in [2.75, 3.05) is 32.1 Å². The van der Waals surface area contributed by atoms with E-state index in [2.05, 4.69) is 44.8 Å². The van der Waals surface area contributed by atoms with Crippen molar-refractivity contribution >= 4 is 39.8 Å². The summed E-state index contributed by atoms with van der Waals surface area (Å²) in [6.07, 6.45) is 7.11. The first kappa shape index (κ1) is 26.2. The van der Waals surface area contributed by atoms with Crippen molar-refractivity contribution in [1.29, 1.82) is 0 Å². The van der Waals surface area contributed by atoms with Crippen LogP contribution < -0.4 is 10.6 Å². The number of hydrogen-bond acceptors (Lipinski definition) is 4. The summed E-state index contributed by atoms with van der Waals surface area (Å²) in [6, 6.07) is 8.60. The quantitative estimate of drug-likeness (QED) is 0.304. The Labute approximate surface area is 193 Å². The summed E-state index contributed by atoms with van der Waals surface area (Å²) in [7, 11) is -1.21. The van der Waals surface area contributed by atoms with Gasteiger partial charge >= 0.3 is 0 Å². The second-order valence-corrected chi connectivity index (χ2v) is 10.1. The van der Waals surface area contributed by atoms with E-state index in [1.165, 1.54) is 56.2 Å². The summed E-state index contributed by atoms with van der Waals surface area (Å²) in [5.41, 5.74) is 2.64. The molecule has 1 unspecified atom stereocenters. The Morgan fingerprint density at radius 1 is 1.14 bits per heavy atom. The zero-order valence-electron chi connectivity index (χ0n) is 18.0. The van der Waals surface area contributed by atoms with Crippen LogP contribution in [0.3, 0.4) is 0 Å². The molecule has 1 aromatic rings. The fraction of sp³-hybridized carbons (Fsp3) is 0.667. The van der Waals surface area contributed by atoms with Gasteiger partial charge in [-0.25, -0.2) is 8.42 Å². The Morgan fingerprint density at radius 3 is 2.34 bits per heavy atom. The largest absolute Gasteiger partial charge is 0.354 e. The molecule has 0 aliphatic carbocycles. The van der Waals surface area contributed by atoms with E-state index in [0.717, 1.165) is 6.54 Å². The molecule has 166 valence electrons. The number of hydrogen-bond donors (Lipinski definition) is 2. The molecule has 0 radical (unpaired) electrons. The molecule has 8 heteroatoms. The van der Waals surface area contributed by atoms with E-state index in [4.69, 9.17) is 0 Å². The maximum absolute atomic E-state index is 11.3. The van der Waals surface area contributed by atoms with Crippen LogP contribution in [0.1, 0.15) is 50.2 Å². The molecule has 1 aliphatic heterocycles. The van der Waals surface area contributed by atoms with Gasteiger partial charge in [-0.2, -0.15) is 0 Å². The van der Waals surface area contributed by atoms with Crippen LogP contribution in [-0.2, 0) is 22.9 Å². The molecule has 1 heterocycles. The number of sulfone groups is 1. The molecule has 0 aromatic heterocycles. The minimum atomic E-state index is -2.94. The van der Waals surface area contributed by atoms with Crippen molar-refractivity contribution in [3.8, 4) is 0 Å². The molecule has 2 N–H and O–H groups in total. The first-order chi connectivity index (χ1) is 13.4. The van der Waals surface area contributed by atoms with Gasteiger partial charge in [-0.05, 0) is 50.4 Å². The van der Waals surface area contributed by atoms with Crippen molar-refractivity contribution in [2.45, 2.75) is 58.2 Å².